The zero-order valence-electron chi connectivity index (χ0n) is 16.3. The van der Waals surface area contributed by atoms with Crippen molar-refractivity contribution in [2.45, 2.75) is 38.1 Å². The summed E-state index contributed by atoms with van der Waals surface area (Å²) >= 11 is 3.56. The van der Waals surface area contributed by atoms with E-state index >= 15 is 0 Å². The molecule has 1 unspecified atom stereocenters. The van der Waals surface area contributed by atoms with Gasteiger partial charge in [-0.15, -0.1) is 0 Å². The number of benzene rings is 2. The molecule has 146 valence electrons. The average Bonchev–Trinajstić information content (AvgIpc) is 3.19. The number of aryl methyl sites for hydroxylation is 1. The predicted octanol–water partition coefficient (Wildman–Crippen LogP) is 5.29. The Labute approximate surface area is 178 Å². The van der Waals surface area contributed by atoms with Crippen molar-refractivity contribution >= 4 is 39.3 Å². The number of hydrogen-bond acceptors (Lipinski definition) is 4. The Hall–Kier alpha value is -2.73. The topological polar surface area (TPSA) is 58.1 Å². The van der Waals surface area contributed by atoms with E-state index in [2.05, 4.69) is 38.4 Å². The van der Waals surface area contributed by atoms with Crippen LogP contribution in [0, 0.1) is 0 Å². The highest BCUT2D eigenvalue weighted by Gasteiger charge is 2.49. The van der Waals surface area contributed by atoms with Crippen molar-refractivity contribution in [2.75, 3.05) is 10.2 Å². The Morgan fingerprint density at radius 2 is 1.97 bits per heavy atom. The fourth-order valence-electron chi connectivity index (χ4n) is 4.34. The first-order valence-corrected chi connectivity index (χ1v) is 10.6. The van der Waals surface area contributed by atoms with Crippen LogP contribution in [0.4, 0.5) is 17.5 Å². The number of fused-ring (bicyclic) bond motifs is 2. The number of hydrogen-bond donors (Lipinski definition) is 1. The third-order valence-corrected chi connectivity index (χ3v) is 6.41. The number of rotatable bonds is 3. The van der Waals surface area contributed by atoms with Gasteiger partial charge in [0.15, 0.2) is 0 Å². The summed E-state index contributed by atoms with van der Waals surface area (Å²) in [4.78, 5) is 24.6. The molecule has 2 aromatic carbocycles. The van der Waals surface area contributed by atoms with Crippen molar-refractivity contribution in [3.05, 3.63) is 75.9 Å². The largest absolute Gasteiger partial charge is 0.324 e. The van der Waals surface area contributed by atoms with Crippen LogP contribution in [-0.4, -0.2) is 15.9 Å². The molecule has 1 amide bonds. The van der Waals surface area contributed by atoms with Crippen LogP contribution >= 0.6 is 15.9 Å². The number of para-hydroxylation sites is 1. The predicted molar refractivity (Wildman–Crippen MR) is 117 cm³/mol. The Kier molecular flexibility index (Phi) is 4.21. The summed E-state index contributed by atoms with van der Waals surface area (Å²) in [6.07, 6.45) is 3.65. The summed E-state index contributed by atoms with van der Waals surface area (Å²) < 4.78 is 1.07. The van der Waals surface area contributed by atoms with Gasteiger partial charge in [-0.05, 0) is 62.1 Å². The van der Waals surface area contributed by atoms with Gasteiger partial charge in [0, 0.05) is 21.9 Å². The lowest BCUT2D eigenvalue weighted by atomic mass is 9.88. The van der Waals surface area contributed by atoms with Gasteiger partial charge in [0.05, 0.1) is 11.5 Å². The smallest absolute Gasteiger partial charge is 0.239 e. The van der Waals surface area contributed by atoms with Crippen LogP contribution in [0.25, 0.3) is 0 Å². The molecule has 0 bridgehead atoms. The van der Waals surface area contributed by atoms with Crippen molar-refractivity contribution in [3.8, 4) is 0 Å². The third kappa shape index (κ3) is 2.94. The monoisotopic (exact) mass is 448 g/mol. The molecule has 1 aliphatic heterocycles. The molecule has 3 aromatic rings. The van der Waals surface area contributed by atoms with E-state index in [-0.39, 0.29) is 11.9 Å². The number of carbonyl (C=O) groups excluding carboxylic acids is 1. The quantitative estimate of drug-likeness (QED) is 0.590. The van der Waals surface area contributed by atoms with Crippen LogP contribution < -0.4 is 10.2 Å². The van der Waals surface area contributed by atoms with Crippen molar-refractivity contribution in [1.82, 2.24) is 9.97 Å². The number of anilines is 3. The van der Waals surface area contributed by atoms with Crippen LogP contribution in [0.5, 0.6) is 0 Å². The first kappa shape index (κ1) is 18.3. The van der Waals surface area contributed by atoms with Crippen LogP contribution in [0.2, 0.25) is 0 Å². The fourth-order valence-corrected chi connectivity index (χ4v) is 4.75. The molecule has 0 radical (unpaired) electrons. The summed E-state index contributed by atoms with van der Waals surface area (Å²) in [5.41, 5.74) is 3.66. The highest BCUT2D eigenvalue weighted by Crippen LogP contribution is 2.48. The second-order valence-corrected chi connectivity index (χ2v) is 9.04. The Morgan fingerprint density at radius 3 is 2.76 bits per heavy atom. The standard InChI is InChI=1S/C23H21BrN4O/c1-23(2)18-13-25-22(26-16-6-4-3-5-7-16)27-20(18)28(21(23)29)19-11-8-14-12-15(24)9-10-17(14)19/h3-7,9-10,12-13,19H,8,11H2,1-2H3,(H,25,26,27). The molecule has 5 nitrogen and oxygen atoms in total. The Balaban J connectivity index is 1.57. The number of halogens is 1. The molecule has 0 saturated carbocycles. The number of amides is 1. The minimum Gasteiger partial charge on any atom is -0.324 e. The Bertz CT molecular complexity index is 1110. The van der Waals surface area contributed by atoms with Crippen molar-refractivity contribution in [2.24, 2.45) is 0 Å². The van der Waals surface area contributed by atoms with Crippen LogP contribution in [0.1, 0.15) is 43.0 Å². The maximum Gasteiger partial charge on any atom is 0.239 e. The molecule has 2 aliphatic rings. The minimum atomic E-state index is -0.640. The van der Waals surface area contributed by atoms with Crippen molar-refractivity contribution < 1.29 is 4.79 Å². The summed E-state index contributed by atoms with van der Waals surface area (Å²) in [6, 6.07) is 16.2. The van der Waals surface area contributed by atoms with E-state index in [0.717, 1.165) is 28.6 Å². The summed E-state index contributed by atoms with van der Waals surface area (Å²) in [5, 5.41) is 3.25. The van der Waals surface area contributed by atoms with Crippen LogP contribution in [0.15, 0.2) is 59.2 Å². The van der Waals surface area contributed by atoms with Gasteiger partial charge < -0.3 is 5.32 Å². The van der Waals surface area contributed by atoms with E-state index in [0.29, 0.717) is 11.8 Å². The molecule has 0 spiro atoms. The molecule has 0 saturated heterocycles. The zero-order chi connectivity index (χ0) is 20.2. The molecule has 0 fully saturated rings. The number of carbonyl (C=O) groups is 1. The molecule has 1 aromatic heterocycles. The van der Waals surface area contributed by atoms with Crippen molar-refractivity contribution in [1.29, 1.82) is 0 Å². The SMILES string of the molecule is CC1(C)C(=O)N(C2CCc3cc(Br)ccc32)c2nc(Nc3ccccc3)ncc21. The average molecular weight is 449 g/mol. The van der Waals surface area contributed by atoms with Gasteiger partial charge >= 0.3 is 0 Å². The fraction of sp³-hybridized carbons (Fsp3) is 0.261. The molecule has 1 aliphatic carbocycles. The number of aromatic nitrogens is 2. The third-order valence-electron chi connectivity index (χ3n) is 5.92. The Morgan fingerprint density at radius 1 is 1.17 bits per heavy atom. The molecular weight excluding hydrogens is 428 g/mol. The van der Waals surface area contributed by atoms with Crippen LogP contribution in [-0.2, 0) is 16.6 Å². The molecule has 6 heteroatoms. The van der Waals surface area contributed by atoms with Gasteiger partial charge in [-0.3, -0.25) is 9.69 Å². The molecule has 2 heterocycles. The lowest BCUT2D eigenvalue weighted by Crippen LogP contribution is -2.38. The molecule has 1 N–H and O–H groups in total. The summed E-state index contributed by atoms with van der Waals surface area (Å²) in [6.45, 7) is 3.92. The van der Waals surface area contributed by atoms with E-state index in [1.54, 1.807) is 6.20 Å². The highest BCUT2D eigenvalue weighted by atomic mass is 79.9. The van der Waals surface area contributed by atoms with E-state index in [9.17, 15) is 4.79 Å². The normalized spacial score (nSPS) is 19.2. The van der Waals surface area contributed by atoms with Gasteiger partial charge in [-0.2, -0.15) is 4.98 Å². The maximum atomic E-state index is 13.4. The van der Waals surface area contributed by atoms with E-state index in [1.165, 1.54) is 11.1 Å². The first-order chi connectivity index (χ1) is 13.9. The zero-order valence-corrected chi connectivity index (χ0v) is 17.9. The van der Waals surface area contributed by atoms with E-state index in [4.69, 9.17) is 4.98 Å². The van der Waals surface area contributed by atoms with E-state index in [1.807, 2.05) is 55.1 Å². The van der Waals surface area contributed by atoms with E-state index < -0.39 is 5.41 Å². The van der Waals surface area contributed by atoms with Gasteiger partial charge in [-0.1, -0.05) is 40.2 Å². The second kappa shape index (κ2) is 6.66. The molecular formula is C23H21BrN4O. The second-order valence-electron chi connectivity index (χ2n) is 8.12. The number of nitrogens with one attached hydrogen (secondary N) is 1. The van der Waals surface area contributed by atoms with Gasteiger partial charge in [-0.25, -0.2) is 4.98 Å². The van der Waals surface area contributed by atoms with Gasteiger partial charge in [0.25, 0.3) is 0 Å². The van der Waals surface area contributed by atoms with Gasteiger partial charge in [0.1, 0.15) is 5.82 Å². The lowest BCUT2D eigenvalue weighted by Gasteiger charge is -2.27. The highest BCUT2D eigenvalue weighted by molar-refractivity contribution is 9.10. The van der Waals surface area contributed by atoms with Crippen LogP contribution in [0.3, 0.4) is 0 Å². The lowest BCUT2D eigenvalue weighted by molar-refractivity contribution is -0.122. The molecule has 1 atom stereocenters. The molecule has 29 heavy (non-hydrogen) atoms. The number of nitrogens with zero attached hydrogens (tertiary/aromatic N) is 3. The minimum absolute atomic E-state index is 0.00519. The maximum absolute atomic E-state index is 13.4. The molecule has 5 rings (SSSR count). The summed E-state index contributed by atoms with van der Waals surface area (Å²) in [7, 11) is 0. The first-order valence-electron chi connectivity index (χ1n) is 9.77. The van der Waals surface area contributed by atoms with Crippen molar-refractivity contribution in [3.63, 3.8) is 0 Å². The summed E-state index contributed by atoms with van der Waals surface area (Å²) in [5.74, 6) is 1.30. The van der Waals surface area contributed by atoms with Gasteiger partial charge in [0.2, 0.25) is 11.9 Å².